The van der Waals surface area contributed by atoms with Gasteiger partial charge >= 0.3 is 11.9 Å². The van der Waals surface area contributed by atoms with Crippen LogP contribution in [-0.4, -0.2) is 53.3 Å². The van der Waals surface area contributed by atoms with Gasteiger partial charge in [-0.15, -0.1) is 0 Å². The molecule has 142 valence electrons. The molecule has 0 bridgehead atoms. The van der Waals surface area contributed by atoms with E-state index < -0.39 is 33.4 Å². The molecule has 1 fully saturated rings. The Bertz CT molecular complexity index is 1020. The third-order valence-corrected chi connectivity index (χ3v) is 6.66. The van der Waals surface area contributed by atoms with Crippen LogP contribution in [0.1, 0.15) is 25.5 Å². The highest BCUT2D eigenvalue weighted by Crippen LogP contribution is 2.36. The highest BCUT2D eigenvalue weighted by molar-refractivity contribution is 7.93. The number of urea groups is 1. The van der Waals surface area contributed by atoms with E-state index in [4.69, 9.17) is 4.52 Å². The number of imide groups is 1. The van der Waals surface area contributed by atoms with Gasteiger partial charge in [0.1, 0.15) is 11.6 Å². The first-order chi connectivity index (χ1) is 12.7. The summed E-state index contributed by atoms with van der Waals surface area (Å²) >= 11 is 0. The molecule has 3 amide bonds. The van der Waals surface area contributed by atoms with E-state index in [1.54, 1.807) is 13.1 Å². The zero-order valence-electron chi connectivity index (χ0n) is 14.9. The predicted octanol–water partition coefficient (Wildman–Crippen LogP) is 0.762. The number of nitrogens with one attached hydrogen (secondary N) is 1. The molecule has 0 radical (unpaired) electrons. The third kappa shape index (κ3) is 3.15. The minimum atomic E-state index is -3.74. The van der Waals surface area contributed by atoms with Crippen LogP contribution in [0.4, 0.5) is 4.79 Å². The van der Waals surface area contributed by atoms with Gasteiger partial charge in [-0.25, -0.2) is 17.9 Å². The van der Waals surface area contributed by atoms with Crippen LogP contribution < -0.4 is 4.72 Å². The zero-order valence-corrected chi connectivity index (χ0v) is 15.7. The number of fused-ring (bicyclic) bond motifs is 1. The second-order valence-corrected chi connectivity index (χ2v) is 8.90. The summed E-state index contributed by atoms with van der Waals surface area (Å²) in [5, 5.41) is 3.57. The lowest BCUT2D eigenvalue weighted by molar-refractivity contribution is -0.406. The van der Waals surface area contributed by atoms with E-state index in [0.29, 0.717) is 11.5 Å². The first kappa shape index (κ1) is 17.8. The molecular formula is C17H19N4O5S+. The zero-order chi connectivity index (χ0) is 19.4. The maximum atomic E-state index is 12.9. The standard InChI is InChI=1S/C17H19N4O5S/c1-17(6-7-17)19-27(24,25)12-3-4-14-13(9-12)15(22)21(16(23)20(14)2)10-11-5-8-18-26-11/h3-5,8-9,13,19H,6-7,10H2,1-2H3/q+1. The van der Waals surface area contributed by atoms with Gasteiger partial charge in [0.25, 0.3) is 0 Å². The highest BCUT2D eigenvalue weighted by Gasteiger charge is 2.48. The number of rotatable bonds is 5. The second kappa shape index (κ2) is 5.96. The molecule has 0 aromatic carbocycles. The molecule has 1 unspecified atom stereocenters. The van der Waals surface area contributed by atoms with Crippen LogP contribution >= 0.6 is 0 Å². The quantitative estimate of drug-likeness (QED) is 0.742. The smallest absolute Gasteiger partial charge is 0.357 e. The Morgan fingerprint density at radius 2 is 2.11 bits per heavy atom. The van der Waals surface area contributed by atoms with Crippen LogP contribution in [0, 0.1) is 5.92 Å². The van der Waals surface area contributed by atoms with Crippen molar-refractivity contribution < 1.29 is 27.1 Å². The summed E-state index contributed by atoms with van der Waals surface area (Å²) in [5.74, 6) is -1.00. The van der Waals surface area contributed by atoms with E-state index in [-0.39, 0.29) is 11.4 Å². The Labute approximate surface area is 156 Å². The SMILES string of the molecule is C[N+]1=C2C=CC(S(=O)(=O)NC3(C)CC3)=CC2C(=O)N(Cc2ccno2)C1=O. The number of aromatic nitrogens is 1. The lowest BCUT2D eigenvalue weighted by Gasteiger charge is -2.26. The second-order valence-electron chi connectivity index (χ2n) is 7.22. The Hall–Kier alpha value is -2.59. The van der Waals surface area contributed by atoms with Crippen LogP contribution in [0.2, 0.25) is 0 Å². The lowest BCUT2D eigenvalue weighted by atomic mass is 9.94. The fourth-order valence-electron chi connectivity index (χ4n) is 3.13. The number of allylic oxidation sites excluding steroid dienone is 2. The van der Waals surface area contributed by atoms with Crippen molar-refractivity contribution in [2.75, 3.05) is 7.05 Å². The van der Waals surface area contributed by atoms with Gasteiger partial charge in [0.15, 0.2) is 12.3 Å². The molecule has 10 heteroatoms. The van der Waals surface area contributed by atoms with E-state index >= 15 is 0 Å². The van der Waals surface area contributed by atoms with E-state index in [1.165, 1.54) is 29.0 Å². The van der Waals surface area contributed by atoms with E-state index in [1.807, 2.05) is 6.92 Å². The van der Waals surface area contributed by atoms with Crippen molar-refractivity contribution in [1.29, 1.82) is 0 Å². The number of nitrogens with zero attached hydrogens (tertiary/aromatic N) is 3. The molecule has 0 spiro atoms. The molecule has 1 aliphatic heterocycles. The minimum Gasteiger partial charge on any atom is -0.357 e. The minimum absolute atomic E-state index is 0.0279. The molecule has 1 aromatic heterocycles. The predicted molar refractivity (Wildman–Crippen MR) is 94.0 cm³/mol. The Balaban J connectivity index is 1.67. The van der Waals surface area contributed by atoms with Crippen molar-refractivity contribution in [3.05, 3.63) is 41.2 Å². The Kier molecular flexibility index (Phi) is 3.93. The van der Waals surface area contributed by atoms with E-state index in [0.717, 1.165) is 17.7 Å². The number of hydrogen-bond acceptors (Lipinski definition) is 6. The van der Waals surface area contributed by atoms with Crippen molar-refractivity contribution in [3.8, 4) is 0 Å². The van der Waals surface area contributed by atoms with Crippen LogP contribution in [-0.2, 0) is 21.4 Å². The van der Waals surface area contributed by atoms with Gasteiger partial charge < -0.3 is 4.52 Å². The molecule has 0 saturated heterocycles. The fraction of sp³-hybridized carbons (Fsp3) is 0.412. The Morgan fingerprint density at radius 1 is 1.37 bits per heavy atom. The molecule has 3 aliphatic rings. The number of amides is 3. The van der Waals surface area contributed by atoms with Gasteiger partial charge in [-0.2, -0.15) is 14.3 Å². The van der Waals surface area contributed by atoms with Gasteiger partial charge in [-0.1, -0.05) is 5.16 Å². The molecule has 1 saturated carbocycles. The van der Waals surface area contributed by atoms with Gasteiger partial charge in [-0.05, 0) is 38.0 Å². The normalized spacial score (nSPS) is 24.1. The summed E-state index contributed by atoms with van der Waals surface area (Å²) < 4.78 is 34.3. The summed E-state index contributed by atoms with van der Waals surface area (Å²) in [6.45, 7) is 1.77. The summed E-state index contributed by atoms with van der Waals surface area (Å²) in [6, 6.07) is 1.06. The van der Waals surface area contributed by atoms with Crippen LogP contribution in [0.25, 0.3) is 0 Å². The molecular weight excluding hydrogens is 372 g/mol. The van der Waals surface area contributed by atoms with Crippen LogP contribution in [0.15, 0.2) is 39.9 Å². The number of carbonyl (C=O) groups is 2. The molecule has 2 heterocycles. The van der Waals surface area contributed by atoms with Crippen LogP contribution in [0.5, 0.6) is 0 Å². The van der Waals surface area contributed by atoms with Gasteiger partial charge in [0.2, 0.25) is 10.0 Å². The Morgan fingerprint density at radius 3 is 2.74 bits per heavy atom. The molecule has 4 rings (SSSR count). The number of sulfonamides is 1. The highest BCUT2D eigenvalue weighted by atomic mass is 32.2. The maximum Gasteiger partial charge on any atom is 0.501 e. The van der Waals surface area contributed by atoms with Crippen molar-refractivity contribution in [1.82, 2.24) is 14.8 Å². The molecule has 9 nitrogen and oxygen atoms in total. The van der Waals surface area contributed by atoms with E-state index in [9.17, 15) is 18.0 Å². The summed E-state index contributed by atoms with van der Waals surface area (Å²) in [4.78, 5) is 26.5. The monoisotopic (exact) mass is 391 g/mol. The van der Waals surface area contributed by atoms with E-state index in [2.05, 4.69) is 9.88 Å². The van der Waals surface area contributed by atoms with Crippen molar-refractivity contribution >= 4 is 27.7 Å². The largest absolute Gasteiger partial charge is 0.501 e. The summed E-state index contributed by atoms with van der Waals surface area (Å²) in [7, 11) is -2.20. The molecule has 1 aromatic rings. The fourth-order valence-corrected chi connectivity index (χ4v) is 4.66. The number of hydrogen-bond donors (Lipinski definition) is 1. The van der Waals surface area contributed by atoms with Gasteiger partial charge in [-0.3, -0.25) is 0 Å². The third-order valence-electron chi connectivity index (χ3n) is 5.00. The average Bonchev–Trinajstić information content (AvgIpc) is 3.12. The van der Waals surface area contributed by atoms with Gasteiger partial charge in [0, 0.05) is 11.6 Å². The topological polar surface area (TPSA) is 113 Å². The molecule has 2 aliphatic carbocycles. The van der Waals surface area contributed by atoms with Gasteiger partial charge in [0.05, 0.1) is 18.1 Å². The molecule has 27 heavy (non-hydrogen) atoms. The average molecular weight is 391 g/mol. The van der Waals surface area contributed by atoms with Crippen molar-refractivity contribution in [2.45, 2.75) is 31.8 Å². The van der Waals surface area contributed by atoms with Crippen molar-refractivity contribution in [2.24, 2.45) is 5.92 Å². The number of carbonyl (C=O) groups excluding carboxylic acids is 2. The lowest BCUT2D eigenvalue weighted by Crippen LogP contribution is -2.53. The van der Waals surface area contributed by atoms with Crippen molar-refractivity contribution in [3.63, 3.8) is 0 Å². The first-order valence-corrected chi connectivity index (χ1v) is 9.98. The summed E-state index contributed by atoms with van der Waals surface area (Å²) in [6.07, 6.45) is 7.31. The first-order valence-electron chi connectivity index (χ1n) is 8.50. The molecule has 1 atom stereocenters. The summed E-state index contributed by atoms with van der Waals surface area (Å²) in [5.41, 5.74) is 0.0227. The maximum absolute atomic E-state index is 12.9. The van der Waals surface area contributed by atoms with Crippen LogP contribution in [0.3, 0.4) is 0 Å². The molecule has 1 N–H and O–H groups in total.